The van der Waals surface area contributed by atoms with Gasteiger partial charge in [-0.2, -0.15) is 0 Å². The van der Waals surface area contributed by atoms with Crippen LogP contribution in [0.5, 0.6) is 5.75 Å². The highest BCUT2D eigenvalue weighted by atomic mass is 32.2. The predicted octanol–water partition coefficient (Wildman–Crippen LogP) is 3.79. The van der Waals surface area contributed by atoms with Crippen molar-refractivity contribution < 1.29 is 28.8 Å². The molecule has 0 atom stereocenters. The van der Waals surface area contributed by atoms with E-state index in [0.29, 0.717) is 16.3 Å². The van der Waals surface area contributed by atoms with E-state index in [0.717, 1.165) is 17.8 Å². The number of nitrogens with zero attached hydrogens (tertiary/aromatic N) is 1. The molecule has 0 aromatic heterocycles. The molecule has 0 bridgehead atoms. The van der Waals surface area contributed by atoms with Crippen LogP contribution in [-0.2, 0) is 16.1 Å². The number of hydrogen-bond acceptors (Lipinski definition) is 8. The van der Waals surface area contributed by atoms with E-state index in [1.807, 2.05) is 0 Å². The average Bonchev–Trinajstić information content (AvgIpc) is 2.86. The second kappa shape index (κ2) is 11.7. The van der Waals surface area contributed by atoms with Crippen LogP contribution >= 0.6 is 11.8 Å². The molecule has 35 heavy (non-hydrogen) atoms. The Morgan fingerprint density at radius 1 is 1.06 bits per heavy atom. The molecule has 0 fully saturated rings. The molecule has 10 nitrogen and oxygen atoms in total. The minimum atomic E-state index is -0.807. The summed E-state index contributed by atoms with van der Waals surface area (Å²) < 4.78 is 10.4. The minimum Gasteiger partial charge on any atom is -0.497 e. The maximum absolute atomic E-state index is 12.7. The van der Waals surface area contributed by atoms with Crippen molar-refractivity contribution in [3.63, 3.8) is 0 Å². The van der Waals surface area contributed by atoms with E-state index in [1.165, 1.54) is 25.3 Å². The Kier molecular flexibility index (Phi) is 8.41. The van der Waals surface area contributed by atoms with Crippen molar-refractivity contribution in [2.75, 3.05) is 18.2 Å². The van der Waals surface area contributed by atoms with Gasteiger partial charge in [0.25, 0.3) is 5.69 Å². The molecule has 0 unspecified atom stereocenters. The quantitative estimate of drug-likeness (QED) is 0.187. The highest BCUT2D eigenvalue weighted by Crippen LogP contribution is 2.26. The van der Waals surface area contributed by atoms with Gasteiger partial charge in [-0.25, -0.2) is 4.79 Å². The smallest absolute Gasteiger partial charge is 0.339 e. The Bertz CT molecular complexity index is 1280. The molecule has 0 spiro atoms. The number of ether oxygens (including phenoxy) is 2. The number of methoxy groups -OCH3 is 1. The topological polar surface area (TPSA) is 151 Å². The molecule has 3 rings (SSSR count). The zero-order valence-electron chi connectivity index (χ0n) is 18.6. The Labute approximate surface area is 204 Å². The van der Waals surface area contributed by atoms with Crippen molar-refractivity contribution in [2.45, 2.75) is 11.5 Å². The normalized spacial score (nSPS) is 10.3. The highest BCUT2D eigenvalue weighted by Gasteiger charge is 2.20. The van der Waals surface area contributed by atoms with E-state index in [4.69, 9.17) is 15.2 Å². The van der Waals surface area contributed by atoms with Gasteiger partial charge in [0.1, 0.15) is 12.4 Å². The van der Waals surface area contributed by atoms with Crippen LogP contribution in [-0.4, -0.2) is 35.6 Å². The molecule has 3 aromatic rings. The maximum Gasteiger partial charge on any atom is 0.339 e. The number of primary amides is 1. The van der Waals surface area contributed by atoms with Gasteiger partial charge in [-0.15, -0.1) is 11.8 Å². The van der Waals surface area contributed by atoms with Gasteiger partial charge in [0.2, 0.25) is 11.8 Å². The first kappa shape index (κ1) is 25.2. The van der Waals surface area contributed by atoms with Gasteiger partial charge in [-0.1, -0.05) is 18.2 Å². The van der Waals surface area contributed by atoms with Gasteiger partial charge in [0, 0.05) is 28.3 Å². The third kappa shape index (κ3) is 6.81. The summed E-state index contributed by atoms with van der Waals surface area (Å²) in [6.07, 6.45) is 0. The second-order valence-corrected chi connectivity index (χ2v) is 8.12. The first-order chi connectivity index (χ1) is 16.8. The van der Waals surface area contributed by atoms with Gasteiger partial charge >= 0.3 is 5.97 Å². The lowest BCUT2D eigenvalue weighted by molar-refractivity contribution is -0.385. The molecule has 0 radical (unpaired) electrons. The lowest BCUT2D eigenvalue weighted by Gasteiger charge is -2.11. The zero-order chi connectivity index (χ0) is 25.4. The lowest BCUT2D eigenvalue weighted by Crippen LogP contribution is -2.15. The number of carbonyl (C=O) groups is 3. The molecule has 0 aliphatic heterocycles. The van der Waals surface area contributed by atoms with Gasteiger partial charge < -0.3 is 20.5 Å². The fourth-order valence-corrected chi connectivity index (χ4v) is 3.87. The third-order valence-corrected chi connectivity index (χ3v) is 5.82. The Morgan fingerprint density at radius 3 is 2.54 bits per heavy atom. The highest BCUT2D eigenvalue weighted by molar-refractivity contribution is 8.00. The number of hydrogen-bond donors (Lipinski definition) is 2. The Morgan fingerprint density at radius 2 is 1.83 bits per heavy atom. The number of amides is 2. The van der Waals surface area contributed by atoms with Crippen LogP contribution in [0.15, 0.2) is 71.6 Å². The second-order valence-electron chi connectivity index (χ2n) is 7.11. The van der Waals surface area contributed by atoms with E-state index in [2.05, 4.69) is 5.32 Å². The molecule has 3 aromatic carbocycles. The number of nitro benzene ring substituents is 1. The molecule has 180 valence electrons. The Balaban J connectivity index is 1.65. The summed E-state index contributed by atoms with van der Waals surface area (Å²) in [7, 11) is 1.53. The van der Waals surface area contributed by atoms with Crippen molar-refractivity contribution in [1.82, 2.24) is 0 Å². The van der Waals surface area contributed by atoms with Gasteiger partial charge in [-0.05, 0) is 36.4 Å². The number of nitro groups is 1. The summed E-state index contributed by atoms with van der Waals surface area (Å²) in [6.45, 7) is -0.385. The van der Waals surface area contributed by atoms with Crippen molar-refractivity contribution >= 4 is 40.9 Å². The summed E-state index contributed by atoms with van der Waals surface area (Å²) in [5, 5.41) is 14.1. The van der Waals surface area contributed by atoms with Gasteiger partial charge in [0.15, 0.2) is 0 Å². The minimum absolute atomic E-state index is 0.0271. The lowest BCUT2D eigenvalue weighted by atomic mass is 10.1. The summed E-state index contributed by atoms with van der Waals surface area (Å²) in [6, 6.07) is 17.2. The van der Waals surface area contributed by atoms with Crippen molar-refractivity contribution in [3.05, 3.63) is 93.5 Å². The molecular formula is C24H21N3O7S. The molecule has 0 saturated heterocycles. The average molecular weight is 496 g/mol. The van der Waals surface area contributed by atoms with Crippen LogP contribution in [0.25, 0.3) is 0 Å². The number of benzene rings is 3. The van der Waals surface area contributed by atoms with Crippen molar-refractivity contribution in [3.8, 4) is 5.75 Å². The fraction of sp³-hybridized carbons (Fsp3) is 0.125. The standard InChI is InChI=1S/C24H21N3O7S/c1-33-18-6-4-5-17(12-18)26-22(28)14-35-21-8-3-2-7-19(21)24(30)34-13-16-10-9-15(23(25)29)11-20(16)27(31)32/h2-12H,13-14H2,1H3,(H2,25,29)(H,26,28). The monoisotopic (exact) mass is 495 g/mol. The molecule has 0 saturated carbocycles. The van der Waals surface area contributed by atoms with Gasteiger partial charge in [0.05, 0.1) is 28.9 Å². The number of anilines is 1. The molecule has 2 amide bonds. The van der Waals surface area contributed by atoms with Crippen molar-refractivity contribution in [2.24, 2.45) is 5.73 Å². The van der Waals surface area contributed by atoms with Crippen LogP contribution in [0, 0.1) is 10.1 Å². The van der Waals surface area contributed by atoms with Crippen LogP contribution in [0.2, 0.25) is 0 Å². The molecular weight excluding hydrogens is 474 g/mol. The first-order valence-corrected chi connectivity index (χ1v) is 11.2. The van der Waals surface area contributed by atoms with Crippen LogP contribution in [0.1, 0.15) is 26.3 Å². The van der Waals surface area contributed by atoms with E-state index in [1.54, 1.807) is 42.5 Å². The first-order valence-electron chi connectivity index (χ1n) is 10.2. The largest absolute Gasteiger partial charge is 0.497 e. The summed E-state index contributed by atoms with van der Waals surface area (Å²) in [4.78, 5) is 47.5. The molecule has 11 heteroatoms. The molecule has 0 heterocycles. The van der Waals surface area contributed by atoms with E-state index < -0.39 is 16.8 Å². The SMILES string of the molecule is COc1cccc(NC(=O)CSc2ccccc2C(=O)OCc2ccc(C(N)=O)cc2[N+](=O)[O-])c1. The zero-order valence-corrected chi connectivity index (χ0v) is 19.4. The van der Waals surface area contributed by atoms with E-state index >= 15 is 0 Å². The number of esters is 1. The number of nitrogens with one attached hydrogen (secondary N) is 1. The third-order valence-electron chi connectivity index (χ3n) is 4.74. The van der Waals surface area contributed by atoms with E-state index in [9.17, 15) is 24.5 Å². The van der Waals surface area contributed by atoms with E-state index in [-0.39, 0.29) is 40.6 Å². The summed E-state index contributed by atoms with van der Waals surface area (Å²) in [5.41, 5.74) is 5.65. The molecule has 0 aliphatic rings. The van der Waals surface area contributed by atoms with Gasteiger partial charge in [-0.3, -0.25) is 19.7 Å². The number of thioether (sulfide) groups is 1. The van der Waals surface area contributed by atoms with Crippen molar-refractivity contribution in [1.29, 1.82) is 0 Å². The number of rotatable bonds is 10. The van der Waals surface area contributed by atoms with Crippen LogP contribution in [0.4, 0.5) is 11.4 Å². The summed E-state index contributed by atoms with van der Waals surface area (Å²) >= 11 is 1.14. The molecule has 0 aliphatic carbocycles. The fourth-order valence-electron chi connectivity index (χ4n) is 3.03. The number of nitrogens with two attached hydrogens (primary N) is 1. The van der Waals surface area contributed by atoms with Crippen LogP contribution < -0.4 is 15.8 Å². The van der Waals surface area contributed by atoms with Crippen LogP contribution in [0.3, 0.4) is 0 Å². The predicted molar refractivity (Wildman–Crippen MR) is 130 cm³/mol. The summed E-state index contributed by atoms with van der Waals surface area (Å²) in [5.74, 6) is -1.17. The molecule has 3 N–H and O–H groups in total. The maximum atomic E-state index is 12.7. The Hall–Kier alpha value is -4.38. The number of carbonyl (C=O) groups excluding carboxylic acids is 3.